The van der Waals surface area contributed by atoms with Gasteiger partial charge >= 0.3 is 0 Å². The molecule has 0 unspecified atom stereocenters. The van der Waals surface area contributed by atoms with Crippen LogP contribution in [0.25, 0.3) is 0 Å². The van der Waals surface area contributed by atoms with Gasteiger partial charge in [-0.3, -0.25) is 0 Å². The fraction of sp³-hybridized carbons (Fsp3) is 0.250. The minimum absolute atomic E-state index is 1.07. The van der Waals surface area contributed by atoms with E-state index in [2.05, 4.69) is 60.3 Å². The van der Waals surface area contributed by atoms with Crippen LogP contribution in [-0.4, -0.2) is 0 Å². The summed E-state index contributed by atoms with van der Waals surface area (Å²) in [7, 11) is 0. The summed E-state index contributed by atoms with van der Waals surface area (Å²) in [5.41, 5.74) is 1.33. The van der Waals surface area contributed by atoms with Crippen LogP contribution in [0.5, 0.6) is 0 Å². The minimum Gasteiger partial charge on any atom is -0.142 e. The van der Waals surface area contributed by atoms with Gasteiger partial charge in [0.25, 0.3) is 0 Å². The van der Waals surface area contributed by atoms with Crippen molar-refractivity contribution in [3.05, 3.63) is 27.3 Å². The molecule has 0 radical (unpaired) electrons. The summed E-state index contributed by atoms with van der Waals surface area (Å²) in [6, 6.07) is 6.26. The second-order valence-corrected chi connectivity index (χ2v) is 3.71. The lowest BCUT2D eigenvalue weighted by atomic mass is 10.2. The molecule has 10 heavy (non-hydrogen) atoms. The molecular formula is C8H9IS. The van der Waals surface area contributed by atoms with Gasteiger partial charge in [0, 0.05) is 8.47 Å². The van der Waals surface area contributed by atoms with Crippen molar-refractivity contribution in [3.63, 3.8) is 0 Å². The van der Waals surface area contributed by atoms with Crippen LogP contribution in [0.4, 0.5) is 0 Å². The lowest BCUT2D eigenvalue weighted by molar-refractivity contribution is 1.08. The van der Waals surface area contributed by atoms with Gasteiger partial charge in [-0.05, 0) is 40.6 Å². The van der Waals surface area contributed by atoms with E-state index in [9.17, 15) is 0 Å². The van der Waals surface area contributed by atoms with Gasteiger partial charge in [-0.1, -0.05) is 19.1 Å². The third-order valence-electron chi connectivity index (χ3n) is 1.45. The molecule has 0 fully saturated rings. The maximum atomic E-state index is 4.38. The molecule has 0 atom stereocenters. The number of rotatable bonds is 1. The van der Waals surface area contributed by atoms with E-state index in [1.165, 1.54) is 9.13 Å². The molecule has 2 heteroatoms. The molecule has 0 aliphatic carbocycles. The van der Waals surface area contributed by atoms with E-state index < -0.39 is 0 Å². The van der Waals surface area contributed by atoms with Gasteiger partial charge in [0.05, 0.1) is 0 Å². The third kappa shape index (κ3) is 1.66. The van der Waals surface area contributed by atoms with Crippen molar-refractivity contribution in [2.75, 3.05) is 0 Å². The van der Waals surface area contributed by atoms with Gasteiger partial charge in [0.2, 0.25) is 0 Å². The predicted octanol–water partition coefficient (Wildman–Crippen LogP) is 3.14. The molecule has 54 valence electrons. The number of halogens is 1. The normalized spacial score (nSPS) is 9.90. The molecule has 0 aromatic heterocycles. The summed E-state index contributed by atoms with van der Waals surface area (Å²) in [5.74, 6) is 0. The lowest BCUT2D eigenvalue weighted by Gasteiger charge is -2.01. The molecule has 1 aromatic carbocycles. The minimum atomic E-state index is 1.07. The first kappa shape index (κ1) is 8.40. The Morgan fingerprint density at radius 3 is 2.70 bits per heavy atom. The number of thiol groups is 1. The van der Waals surface area contributed by atoms with E-state index in [-0.39, 0.29) is 0 Å². The summed E-state index contributed by atoms with van der Waals surface area (Å²) in [6.07, 6.45) is 1.07. The van der Waals surface area contributed by atoms with Crippen LogP contribution in [0.15, 0.2) is 23.1 Å². The smallest absolute Gasteiger partial charge is 0.0266 e. The molecule has 1 aromatic rings. The number of benzene rings is 1. The maximum absolute atomic E-state index is 4.38. The molecule has 0 saturated heterocycles. The van der Waals surface area contributed by atoms with Crippen molar-refractivity contribution in [3.8, 4) is 0 Å². The fourth-order valence-corrected chi connectivity index (χ4v) is 1.71. The predicted molar refractivity (Wildman–Crippen MR) is 55.8 cm³/mol. The van der Waals surface area contributed by atoms with Crippen molar-refractivity contribution in [2.24, 2.45) is 0 Å². The van der Waals surface area contributed by atoms with Gasteiger partial charge in [-0.25, -0.2) is 0 Å². The number of hydrogen-bond donors (Lipinski definition) is 1. The highest BCUT2D eigenvalue weighted by Crippen LogP contribution is 2.20. The summed E-state index contributed by atoms with van der Waals surface area (Å²) in [4.78, 5) is 1.13. The summed E-state index contributed by atoms with van der Waals surface area (Å²) >= 11 is 6.68. The van der Waals surface area contributed by atoms with E-state index in [1.54, 1.807) is 0 Å². The van der Waals surface area contributed by atoms with Crippen LogP contribution in [0.3, 0.4) is 0 Å². The molecule has 0 heterocycles. The Hall–Kier alpha value is 0.300. The van der Waals surface area contributed by atoms with Crippen molar-refractivity contribution in [1.82, 2.24) is 0 Å². The molecule has 0 saturated carbocycles. The molecule has 0 spiro atoms. The Labute approximate surface area is 80.6 Å². The average Bonchev–Trinajstić information content (AvgIpc) is 1.95. The molecule has 0 N–H and O–H groups in total. The third-order valence-corrected chi connectivity index (χ3v) is 3.30. The molecule has 0 aliphatic heterocycles. The van der Waals surface area contributed by atoms with Crippen molar-refractivity contribution >= 4 is 35.2 Å². The molecule has 0 bridgehead atoms. The van der Waals surface area contributed by atoms with E-state index in [4.69, 9.17) is 0 Å². The second-order valence-electron chi connectivity index (χ2n) is 2.10. The van der Waals surface area contributed by atoms with E-state index >= 15 is 0 Å². The van der Waals surface area contributed by atoms with Crippen LogP contribution in [-0.2, 0) is 6.42 Å². The van der Waals surface area contributed by atoms with Crippen molar-refractivity contribution < 1.29 is 0 Å². The lowest BCUT2D eigenvalue weighted by Crippen LogP contribution is -1.84. The van der Waals surface area contributed by atoms with Gasteiger partial charge in [0.15, 0.2) is 0 Å². The number of aryl methyl sites for hydroxylation is 1. The SMILES string of the molecule is CCc1cccc(I)c1S. The zero-order chi connectivity index (χ0) is 7.56. The highest BCUT2D eigenvalue weighted by molar-refractivity contribution is 14.1. The Morgan fingerprint density at radius 1 is 1.50 bits per heavy atom. The standard InChI is InChI=1S/C8H9IS/c1-2-6-4-3-5-7(9)8(6)10/h3-5,10H,2H2,1H3. The van der Waals surface area contributed by atoms with Gasteiger partial charge < -0.3 is 0 Å². The van der Waals surface area contributed by atoms with Gasteiger partial charge in [0.1, 0.15) is 0 Å². The summed E-state index contributed by atoms with van der Waals surface area (Å²) < 4.78 is 1.24. The molecule has 0 nitrogen and oxygen atoms in total. The topological polar surface area (TPSA) is 0 Å². The first-order chi connectivity index (χ1) is 4.75. The van der Waals surface area contributed by atoms with Crippen molar-refractivity contribution in [1.29, 1.82) is 0 Å². The quantitative estimate of drug-likeness (QED) is 0.584. The van der Waals surface area contributed by atoms with Crippen LogP contribution in [0.2, 0.25) is 0 Å². The summed E-state index contributed by atoms with van der Waals surface area (Å²) in [6.45, 7) is 2.14. The van der Waals surface area contributed by atoms with Crippen LogP contribution in [0.1, 0.15) is 12.5 Å². The number of hydrogen-bond acceptors (Lipinski definition) is 1. The van der Waals surface area contributed by atoms with Crippen molar-refractivity contribution in [2.45, 2.75) is 18.2 Å². The first-order valence-electron chi connectivity index (χ1n) is 3.22. The Balaban J connectivity index is 3.14. The zero-order valence-electron chi connectivity index (χ0n) is 5.76. The first-order valence-corrected chi connectivity index (χ1v) is 4.74. The van der Waals surface area contributed by atoms with Crippen LogP contribution >= 0.6 is 35.2 Å². The van der Waals surface area contributed by atoms with E-state index in [0.717, 1.165) is 11.3 Å². The molecule has 0 amide bonds. The van der Waals surface area contributed by atoms with Gasteiger partial charge in [-0.15, -0.1) is 12.6 Å². The molecule has 1 rings (SSSR count). The summed E-state index contributed by atoms with van der Waals surface area (Å²) in [5, 5.41) is 0. The largest absolute Gasteiger partial charge is 0.142 e. The Kier molecular flexibility index (Phi) is 3.04. The van der Waals surface area contributed by atoms with E-state index in [1.807, 2.05) is 0 Å². The highest BCUT2D eigenvalue weighted by Gasteiger charge is 1.98. The van der Waals surface area contributed by atoms with E-state index in [0.29, 0.717) is 0 Å². The Morgan fingerprint density at radius 2 is 2.20 bits per heavy atom. The van der Waals surface area contributed by atoms with Crippen LogP contribution in [0, 0.1) is 3.57 Å². The zero-order valence-corrected chi connectivity index (χ0v) is 8.82. The fourth-order valence-electron chi connectivity index (χ4n) is 0.845. The molecule has 0 aliphatic rings. The highest BCUT2D eigenvalue weighted by atomic mass is 127. The average molecular weight is 264 g/mol. The van der Waals surface area contributed by atoms with Gasteiger partial charge in [-0.2, -0.15) is 0 Å². The monoisotopic (exact) mass is 264 g/mol. The second kappa shape index (κ2) is 3.62. The molecular weight excluding hydrogens is 255 g/mol. The van der Waals surface area contributed by atoms with Crippen LogP contribution < -0.4 is 0 Å². The maximum Gasteiger partial charge on any atom is 0.0266 e. The Bertz CT molecular complexity index is 233.